The normalized spacial score (nSPS) is 10.2. The Bertz CT molecular complexity index is 682. The number of hydrogen-bond donors (Lipinski definition) is 2. The highest BCUT2D eigenvalue weighted by atomic mass is 16.4. The molecule has 2 rings (SSSR count). The van der Waals surface area contributed by atoms with E-state index in [2.05, 4.69) is 10.9 Å². The number of aromatic amines is 1. The Morgan fingerprint density at radius 2 is 2.10 bits per heavy atom. The van der Waals surface area contributed by atoms with Crippen LogP contribution in [0.3, 0.4) is 0 Å². The fourth-order valence-electron chi connectivity index (χ4n) is 2.06. The smallest absolute Gasteiger partial charge is 0.323 e. The van der Waals surface area contributed by atoms with Crippen molar-refractivity contribution in [3.05, 3.63) is 36.0 Å². The fourth-order valence-corrected chi connectivity index (χ4v) is 2.06. The number of nitrogens with one attached hydrogen (secondary N) is 1. The van der Waals surface area contributed by atoms with E-state index in [9.17, 15) is 9.59 Å². The van der Waals surface area contributed by atoms with E-state index in [1.807, 2.05) is 24.3 Å². The molecule has 0 bridgehead atoms. The van der Waals surface area contributed by atoms with Crippen LogP contribution in [0.2, 0.25) is 0 Å². The highest BCUT2D eigenvalue weighted by Crippen LogP contribution is 2.18. The van der Waals surface area contributed by atoms with Gasteiger partial charge in [-0.05, 0) is 11.6 Å². The first-order valence-electron chi connectivity index (χ1n) is 6.10. The lowest BCUT2D eigenvalue weighted by Crippen LogP contribution is -2.36. The highest BCUT2D eigenvalue weighted by Gasteiger charge is 2.17. The number of fused-ring (bicyclic) bond motifs is 1. The second-order valence-corrected chi connectivity index (χ2v) is 4.38. The van der Waals surface area contributed by atoms with Gasteiger partial charge in [-0.1, -0.05) is 24.1 Å². The van der Waals surface area contributed by atoms with Crippen LogP contribution >= 0.6 is 0 Å². The second-order valence-electron chi connectivity index (χ2n) is 4.38. The average molecular weight is 270 g/mol. The zero-order valence-electron chi connectivity index (χ0n) is 10.8. The molecule has 102 valence electrons. The Labute approximate surface area is 116 Å². The number of hydrogen-bond acceptors (Lipinski definition) is 2. The van der Waals surface area contributed by atoms with Crippen LogP contribution in [0.25, 0.3) is 10.9 Å². The number of carboxylic acids is 1. The monoisotopic (exact) mass is 270 g/mol. The summed E-state index contributed by atoms with van der Waals surface area (Å²) >= 11 is 0. The van der Waals surface area contributed by atoms with Gasteiger partial charge in [0.25, 0.3) is 0 Å². The molecular weight excluding hydrogens is 256 g/mol. The summed E-state index contributed by atoms with van der Waals surface area (Å²) in [6, 6.07) is 7.62. The number of carbonyl (C=O) groups excluding carboxylic acids is 1. The average Bonchev–Trinajstić information content (AvgIpc) is 2.81. The van der Waals surface area contributed by atoms with Crippen LogP contribution in [0.1, 0.15) is 5.56 Å². The molecule has 0 aliphatic carbocycles. The molecule has 0 fully saturated rings. The highest BCUT2D eigenvalue weighted by molar-refractivity contribution is 5.90. The van der Waals surface area contributed by atoms with Gasteiger partial charge in [0.15, 0.2) is 0 Å². The van der Waals surface area contributed by atoms with Crippen molar-refractivity contribution in [2.24, 2.45) is 0 Å². The molecule has 1 heterocycles. The van der Waals surface area contributed by atoms with Crippen molar-refractivity contribution >= 4 is 22.8 Å². The first-order valence-corrected chi connectivity index (χ1v) is 6.10. The number of aliphatic carboxylic acids is 1. The van der Waals surface area contributed by atoms with E-state index in [4.69, 9.17) is 11.5 Å². The summed E-state index contributed by atoms with van der Waals surface area (Å²) < 4.78 is 0. The molecule has 0 atom stereocenters. The predicted octanol–water partition coefficient (Wildman–Crippen LogP) is 1.26. The minimum Gasteiger partial charge on any atom is -0.480 e. The molecule has 20 heavy (non-hydrogen) atoms. The van der Waals surface area contributed by atoms with Crippen molar-refractivity contribution in [2.45, 2.75) is 6.42 Å². The molecule has 0 radical (unpaired) electrons. The Hall–Kier alpha value is -2.74. The third kappa shape index (κ3) is 2.98. The lowest BCUT2D eigenvalue weighted by atomic mass is 10.1. The van der Waals surface area contributed by atoms with E-state index in [1.165, 1.54) is 0 Å². The molecule has 0 saturated carbocycles. The second kappa shape index (κ2) is 5.93. The van der Waals surface area contributed by atoms with Gasteiger partial charge in [0, 0.05) is 17.1 Å². The standard InChI is InChI=1S/C15H14N2O3/c1-2-7-17(10-15(19)20)14(18)8-11-9-16-13-6-4-3-5-12(11)13/h1,3-6,9,16H,7-8,10H2,(H,19,20). The summed E-state index contributed by atoms with van der Waals surface area (Å²) in [7, 11) is 0. The Morgan fingerprint density at radius 1 is 1.35 bits per heavy atom. The lowest BCUT2D eigenvalue weighted by molar-refractivity contribution is -0.143. The van der Waals surface area contributed by atoms with Crippen LogP contribution < -0.4 is 0 Å². The number of carbonyl (C=O) groups is 2. The topological polar surface area (TPSA) is 73.4 Å². The largest absolute Gasteiger partial charge is 0.480 e. The molecular formula is C15H14N2O3. The summed E-state index contributed by atoms with van der Waals surface area (Å²) in [5, 5.41) is 9.74. The molecule has 2 aromatic rings. The number of benzene rings is 1. The van der Waals surface area contributed by atoms with E-state index in [1.54, 1.807) is 6.20 Å². The maximum atomic E-state index is 12.1. The first-order chi connectivity index (χ1) is 9.61. The maximum Gasteiger partial charge on any atom is 0.323 e. The number of amides is 1. The van der Waals surface area contributed by atoms with E-state index < -0.39 is 5.97 Å². The van der Waals surface area contributed by atoms with Crippen LogP contribution in [0.4, 0.5) is 0 Å². The third-order valence-electron chi connectivity index (χ3n) is 2.98. The Balaban J connectivity index is 2.17. The summed E-state index contributed by atoms with van der Waals surface area (Å²) in [5.41, 5.74) is 1.77. The van der Waals surface area contributed by atoms with Crippen molar-refractivity contribution in [1.29, 1.82) is 0 Å². The van der Waals surface area contributed by atoms with Gasteiger partial charge in [-0.3, -0.25) is 9.59 Å². The van der Waals surface area contributed by atoms with Gasteiger partial charge >= 0.3 is 5.97 Å². The molecule has 0 aliphatic rings. The predicted molar refractivity (Wildman–Crippen MR) is 75.1 cm³/mol. The number of carboxylic acid groups (broad SMARTS) is 1. The van der Waals surface area contributed by atoms with Crippen LogP contribution in [-0.4, -0.2) is 40.0 Å². The van der Waals surface area contributed by atoms with Crippen molar-refractivity contribution in [3.63, 3.8) is 0 Å². The molecule has 0 spiro atoms. The summed E-state index contributed by atoms with van der Waals surface area (Å²) in [6.45, 7) is -0.390. The van der Waals surface area contributed by atoms with E-state index in [0.717, 1.165) is 21.4 Å². The van der Waals surface area contributed by atoms with E-state index in [-0.39, 0.29) is 25.4 Å². The minimum atomic E-state index is -1.08. The van der Waals surface area contributed by atoms with Crippen molar-refractivity contribution in [2.75, 3.05) is 13.1 Å². The number of nitrogens with zero attached hydrogens (tertiary/aromatic N) is 1. The Kier molecular flexibility index (Phi) is 4.06. The van der Waals surface area contributed by atoms with Gasteiger partial charge in [0.1, 0.15) is 6.54 Å². The van der Waals surface area contributed by atoms with Crippen LogP contribution in [0.5, 0.6) is 0 Å². The molecule has 0 unspecified atom stereocenters. The van der Waals surface area contributed by atoms with Gasteiger partial charge in [-0.2, -0.15) is 0 Å². The number of H-pyrrole nitrogens is 1. The van der Waals surface area contributed by atoms with Crippen LogP contribution in [0, 0.1) is 12.3 Å². The minimum absolute atomic E-state index is 0.00646. The van der Waals surface area contributed by atoms with Crippen molar-refractivity contribution < 1.29 is 14.7 Å². The molecule has 1 amide bonds. The number of rotatable bonds is 5. The molecule has 1 aromatic carbocycles. The van der Waals surface area contributed by atoms with Gasteiger partial charge in [0.05, 0.1) is 13.0 Å². The number of aromatic nitrogens is 1. The lowest BCUT2D eigenvalue weighted by Gasteiger charge is -2.17. The summed E-state index contributed by atoms with van der Waals surface area (Å²) in [6.07, 6.45) is 7.05. The van der Waals surface area contributed by atoms with Crippen molar-refractivity contribution in [1.82, 2.24) is 9.88 Å². The van der Waals surface area contributed by atoms with Crippen molar-refractivity contribution in [3.8, 4) is 12.3 Å². The molecule has 0 aliphatic heterocycles. The van der Waals surface area contributed by atoms with E-state index >= 15 is 0 Å². The number of para-hydroxylation sites is 1. The fraction of sp³-hybridized carbons (Fsp3) is 0.200. The zero-order chi connectivity index (χ0) is 14.5. The van der Waals surface area contributed by atoms with Crippen LogP contribution in [-0.2, 0) is 16.0 Å². The summed E-state index contributed by atoms with van der Waals surface area (Å²) in [4.78, 5) is 27.1. The van der Waals surface area contributed by atoms with Crippen LogP contribution in [0.15, 0.2) is 30.5 Å². The quantitative estimate of drug-likeness (QED) is 0.803. The molecule has 5 nitrogen and oxygen atoms in total. The van der Waals surface area contributed by atoms with Gasteiger partial charge in [0.2, 0.25) is 5.91 Å². The molecule has 0 saturated heterocycles. The first kappa shape index (κ1) is 13.7. The Morgan fingerprint density at radius 3 is 2.80 bits per heavy atom. The van der Waals surface area contributed by atoms with Gasteiger partial charge in [-0.15, -0.1) is 6.42 Å². The molecule has 5 heteroatoms. The van der Waals surface area contributed by atoms with E-state index in [0.29, 0.717) is 0 Å². The van der Waals surface area contributed by atoms with Gasteiger partial charge in [-0.25, -0.2) is 0 Å². The SMILES string of the molecule is C#CCN(CC(=O)O)C(=O)Cc1c[nH]c2ccccc12. The summed E-state index contributed by atoms with van der Waals surface area (Å²) in [5.74, 6) is 0.932. The number of terminal acetylenes is 1. The maximum absolute atomic E-state index is 12.1. The third-order valence-corrected chi connectivity index (χ3v) is 2.98. The molecule has 2 N–H and O–H groups in total. The zero-order valence-corrected chi connectivity index (χ0v) is 10.8. The molecule has 1 aromatic heterocycles. The van der Waals surface area contributed by atoms with Gasteiger partial charge < -0.3 is 15.0 Å².